The molecule has 0 aromatic heterocycles. The van der Waals surface area contributed by atoms with Gasteiger partial charge in [0.05, 0.1) is 19.1 Å². The number of hydrogen-bond donors (Lipinski definition) is 1. The van der Waals surface area contributed by atoms with Crippen molar-refractivity contribution >= 4 is 27.3 Å². The smallest absolute Gasteiger partial charge is 0.260 e. The molecule has 1 fully saturated rings. The minimum Gasteiger partial charge on any atom is -0.497 e. The quantitative estimate of drug-likeness (QED) is 0.745. The van der Waals surface area contributed by atoms with Gasteiger partial charge in [0.2, 0.25) is 10.0 Å². The number of hydrazone groups is 1. The summed E-state index contributed by atoms with van der Waals surface area (Å²) in [4.78, 5) is 14.4. The van der Waals surface area contributed by atoms with Gasteiger partial charge in [0, 0.05) is 37.7 Å². The fraction of sp³-hybridized carbons (Fsp3) is 0.500. The molecule has 1 N–H and O–H groups in total. The van der Waals surface area contributed by atoms with Crippen LogP contribution in [0.4, 0.5) is 5.69 Å². The fourth-order valence-corrected chi connectivity index (χ4v) is 3.31. The Hall–Kier alpha value is -2.13. The molecule has 0 atom stereocenters. The summed E-state index contributed by atoms with van der Waals surface area (Å²) in [5, 5.41) is 4.12. The van der Waals surface area contributed by atoms with E-state index >= 15 is 0 Å². The van der Waals surface area contributed by atoms with Crippen molar-refractivity contribution in [3.63, 3.8) is 0 Å². The maximum absolute atomic E-state index is 12.2. The van der Waals surface area contributed by atoms with Gasteiger partial charge >= 0.3 is 0 Å². The number of carbonyl (C=O) groups is 1. The van der Waals surface area contributed by atoms with Gasteiger partial charge in [-0.3, -0.25) is 9.10 Å². The minimum absolute atomic E-state index is 0.345. The number of ether oxygens (including phenoxy) is 1. The lowest BCUT2D eigenvalue weighted by atomic mass is 10.1. The highest BCUT2D eigenvalue weighted by atomic mass is 32.2. The van der Waals surface area contributed by atoms with Gasteiger partial charge in [-0.1, -0.05) is 6.07 Å². The first-order chi connectivity index (χ1) is 11.8. The SMILES string of the molecule is COc1cccc(N(CC(=O)NN=C2CCN(C)CC2)S(C)(=O)=O)c1. The number of likely N-dealkylation sites (tertiary alicyclic amines) is 1. The van der Waals surface area contributed by atoms with E-state index in [4.69, 9.17) is 4.74 Å². The highest BCUT2D eigenvalue weighted by Gasteiger charge is 2.21. The summed E-state index contributed by atoms with van der Waals surface area (Å²) < 4.78 is 30.3. The molecule has 0 spiro atoms. The van der Waals surface area contributed by atoms with Gasteiger partial charge in [0.1, 0.15) is 12.3 Å². The zero-order valence-electron chi connectivity index (χ0n) is 14.7. The van der Waals surface area contributed by atoms with Crippen LogP contribution in [-0.4, -0.2) is 65.0 Å². The second kappa shape index (κ2) is 8.30. The lowest BCUT2D eigenvalue weighted by Crippen LogP contribution is -2.39. The van der Waals surface area contributed by atoms with E-state index in [-0.39, 0.29) is 6.54 Å². The number of rotatable bonds is 6. The van der Waals surface area contributed by atoms with Gasteiger partial charge in [-0.05, 0) is 19.2 Å². The van der Waals surface area contributed by atoms with E-state index in [9.17, 15) is 13.2 Å². The largest absolute Gasteiger partial charge is 0.497 e. The molecular formula is C16H24N4O4S. The summed E-state index contributed by atoms with van der Waals surface area (Å²) in [5.74, 6) is 0.0257. The molecule has 1 aromatic rings. The molecule has 25 heavy (non-hydrogen) atoms. The normalized spacial score (nSPS) is 15.6. The van der Waals surface area contributed by atoms with Crippen LogP contribution in [0.1, 0.15) is 12.8 Å². The van der Waals surface area contributed by atoms with Crippen molar-refractivity contribution in [2.45, 2.75) is 12.8 Å². The Balaban J connectivity index is 2.07. The Bertz CT molecular complexity index is 738. The molecule has 0 unspecified atom stereocenters. The summed E-state index contributed by atoms with van der Waals surface area (Å²) in [7, 11) is -0.0971. The van der Waals surface area contributed by atoms with Crippen LogP contribution in [-0.2, 0) is 14.8 Å². The molecule has 8 nitrogen and oxygen atoms in total. The van der Waals surface area contributed by atoms with Crippen molar-refractivity contribution in [2.24, 2.45) is 5.10 Å². The molecule has 1 amide bonds. The highest BCUT2D eigenvalue weighted by Crippen LogP contribution is 2.22. The highest BCUT2D eigenvalue weighted by molar-refractivity contribution is 7.92. The van der Waals surface area contributed by atoms with Crippen molar-refractivity contribution in [3.8, 4) is 5.75 Å². The lowest BCUT2D eigenvalue weighted by molar-refractivity contribution is -0.119. The van der Waals surface area contributed by atoms with Crippen molar-refractivity contribution in [3.05, 3.63) is 24.3 Å². The number of nitrogens with one attached hydrogen (secondary N) is 1. The average molecular weight is 368 g/mol. The first-order valence-electron chi connectivity index (χ1n) is 7.94. The molecule has 1 aromatic carbocycles. The van der Waals surface area contributed by atoms with Gasteiger partial charge in [0.15, 0.2) is 0 Å². The Labute approximate surface area is 148 Å². The van der Waals surface area contributed by atoms with Crippen molar-refractivity contribution in [1.29, 1.82) is 0 Å². The molecule has 0 radical (unpaired) electrons. The van der Waals surface area contributed by atoms with E-state index in [0.29, 0.717) is 11.4 Å². The zero-order chi connectivity index (χ0) is 18.4. The topological polar surface area (TPSA) is 91.3 Å². The number of nitrogens with zero attached hydrogens (tertiary/aromatic N) is 3. The van der Waals surface area contributed by atoms with E-state index in [1.807, 2.05) is 7.05 Å². The predicted octanol–water partition coefficient (Wildman–Crippen LogP) is 0.659. The van der Waals surface area contributed by atoms with E-state index in [1.54, 1.807) is 24.3 Å². The molecule has 0 bridgehead atoms. The van der Waals surface area contributed by atoms with E-state index in [0.717, 1.165) is 42.2 Å². The standard InChI is InChI=1S/C16H24N4O4S/c1-19-9-7-13(8-10-19)17-18-16(21)12-20(25(3,22)23)14-5-4-6-15(11-14)24-2/h4-6,11H,7-10,12H2,1-3H3,(H,18,21). The summed E-state index contributed by atoms with van der Waals surface area (Å²) in [6.45, 7) is 1.45. The van der Waals surface area contributed by atoms with Crippen LogP contribution in [0, 0.1) is 0 Å². The first kappa shape index (κ1) is 19.2. The van der Waals surface area contributed by atoms with Crippen LogP contribution >= 0.6 is 0 Å². The van der Waals surface area contributed by atoms with Crippen LogP contribution in [0.3, 0.4) is 0 Å². The monoisotopic (exact) mass is 368 g/mol. The van der Waals surface area contributed by atoms with Crippen molar-refractivity contribution in [2.75, 3.05) is 44.4 Å². The molecular weight excluding hydrogens is 344 g/mol. The predicted molar refractivity (Wildman–Crippen MR) is 97.5 cm³/mol. The van der Waals surface area contributed by atoms with E-state index in [1.165, 1.54) is 7.11 Å². The second-order valence-corrected chi connectivity index (χ2v) is 7.89. The maximum Gasteiger partial charge on any atom is 0.260 e. The number of amides is 1. The van der Waals surface area contributed by atoms with Gasteiger partial charge in [0.25, 0.3) is 5.91 Å². The first-order valence-corrected chi connectivity index (χ1v) is 9.79. The number of benzene rings is 1. The third-order valence-corrected chi connectivity index (χ3v) is 5.07. The van der Waals surface area contributed by atoms with Crippen LogP contribution < -0.4 is 14.5 Å². The average Bonchev–Trinajstić information content (AvgIpc) is 2.58. The maximum atomic E-state index is 12.2. The molecule has 1 heterocycles. The van der Waals surface area contributed by atoms with Crippen molar-refractivity contribution in [1.82, 2.24) is 10.3 Å². The molecule has 1 aliphatic heterocycles. The molecule has 0 aliphatic carbocycles. The number of methoxy groups -OCH3 is 1. The molecule has 1 aliphatic rings. The van der Waals surface area contributed by atoms with Gasteiger partial charge < -0.3 is 9.64 Å². The van der Waals surface area contributed by atoms with Gasteiger partial charge in [-0.2, -0.15) is 5.10 Å². The zero-order valence-corrected chi connectivity index (χ0v) is 15.5. The van der Waals surface area contributed by atoms with E-state index < -0.39 is 15.9 Å². The Morgan fingerprint density at radius 3 is 2.64 bits per heavy atom. The summed E-state index contributed by atoms with van der Waals surface area (Å²) in [6.07, 6.45) is 2.65. The van der Waals surface area contributed by atoms with E-state index in [2.05, 4.69) is 15.4 Å². The van der Waals surface area contributed by atoms with Crippen LogP contribution in [0.15, 0.2) is 29.4 Å². The number of carbonyl (C=O) groups excluding carboxylic acids is 1. The summed E-state index contributed by atoms with van der Waals surface area (Å²) in [6, 6.07) is 6.55. The number of anilines is 1. The Morgan fingerprint density at radius 1 is 1.36 bits per heavy atom. The van der Waals surface area contributed by atoms with Crippen molar-refractivity contribution < 1.29 is 17.9 Å². The van der Waals surface area contributed by atoms with Crippen LogP contribution in [0.25, 0.3) is 0 Å². The number of hydrogen-bond acceptors (Lipinski definition) is 6. The lowest BCUT2D eigenvalue weighted by Gasteiger charge is -2.23. The van der Waals surface area contributed by atoms with Gasteiger partial charge in [-0.25, -0.2) is 13.8 Å². The van der Waals surface area contributed by atoms with Crippen LogP contribution in [0.2, 0.25) is 0 Å². The molecule has 2 rings (SSSR count). The number of piperidine rings is 1. The van der Waals surface area contributed by atoms with Gasteiger partial charge in [-0.15, -0.1) is 0 Å². The third-order valence-electron chi connectivity index (χ3n) is 3.93. The Morgan fingerprint density at radius 2 is 2.04 bits per heavy atom. The molecule has 0 saturated carbocycles. The summed E-state index contributed by atoms with van der Waals surface area (Å²) in [5.41, 5.74) is 3.74. The molecule has 1 saturated heterocycles. The third kappa shape index (κ3) is 5.71. The number of sulfonamides is 1. The van der Waals surface area contributed by atoms with Crippen LogP contribution in [0.5, 0.6) is 5.75 Å². The summed E-state index contributed by atoms with van der Waals surface area (Å²) >= 11 is 0. The second-order valence-electron chi connectivity index (χ2n) is 5.99. The minimum atomic E-state index is -3.63. The fourth-order valence-electron chi connectivity index (χ4n) is 2.46. The molecule has 138 valence electrons. The molecule has 9 heteroatoms. The Kier molecular flexibility index (Phi) is 6.38.